The van der Waals surface area contributed by atoms with Gasteiger partial charge in [-0.25, -0.2) is 9.78 Å². The van der Waals surface area contributed by atoms with Crippen LogP contribution in [0, 0.1) is 11.8 Å². The molecule has 0 spiro atoms. The SMILES string of the molecule is COOCC(C(=O)OC)[C@H]1C(OC)OC[C@@H]1O. The van der Waals surface area contributed by atoms with Crippen LogP contribution >= 0.6 is 0 Å². The Bertz CT molecular complexity index is 245. The molecule has 100 valence electrons. The molecule has 1 aliphatic rings. The molecule has 0 aliphatic carbocycles. The molecule has 7 heteroatoms. The number of hydrogen-bond donors (Lipinski definition) is 1. The summed E-state index contributed by atoms with van der Waals surface area (Å²) in [6, 6.07) is 0. The van der Waals surface area contributed by atoms with Gasteiger partial charge >= 0.3 is 5.97 Å². The fraction of sp³-hybridized carbons (Fsp3) is 0.900. The number of esters is 1. The molecule has 2 unspecified atom stereocenters. The van der Waals surface area contributed by atoms with Gasteiger partial charge in [-0.05, 0) is 0 Å². The second-order valence-electron chi connectivity index (χ2n) is 3.66. The van der Waals surface area contributed by atoms with E-state index in [0.29, 0.717) is 0 Å². The van der Waals surface area contributed by atoms with Crippen molar-refractivity contribution >= 4 is 5.97 Å². The van der Waals surface area contributed by atoms with Crippen LogP contribution in [0.3, 0.4) is 0 Å². The monoisotopic (exact) mass is 250 g/mol. The smallest absolute Gasteiger partial charge is 0.311 e. The number of rotatable bonds is 6. The number of aliphatic hydroxyl groups is 1. The number of carbonyl (C=O) groups excluding carboxylic acids is 1. The molecule has 1 aliphatic heterocycles. The topological polar surface area (TPSA) is 83.5 Å². The van der Waals surface area contributed by atoms with Crippen molar-refractivity contribution in [1.29, 1.82) is 0 Å². The van der Waals surface area contributed by atoms with E-state index in [2.05, 4.69) is 9.62 Å². The highest BCUT2D eigenvalue weighted by Gasteiger charge is 2.45. The van der Waals surface area contributed by atoms with Crippen LogP contribution in [0.2, 0.25) is 0 Å². The molecule has 0 bridgehead atoms. The fourth-order valence-electron chi connectivity index (χ4n) is 1.91. The molecule has 1 saturated heterocycles. The van der Waals surface area contributed by atoms with Gasteiger partial charge in [0.05, 0.1) is 45.4 Å². The van der Waals surface area contributed by atoms with E-state index < -0.39 is 30.2 Å². The van der Waals surface area contributed by atoms with Gasteiger partial charge in [-0.3, -0.25) is 4.79 Å². The van der Waals surface area contributed by atoms with Crippen LogP contribution in [0.1, 0.15) is 0 Å². The first-order valence-electron chi connectivity index (χ1n) is 5.21. The minimum absolute atomic E-state index is 0.0336. The van der Waals surface area contributed by atoms with Crippen LogP contribution in [-0.2, 0) is 28.8 Å². The highest BCUT2D eigenvalue weighted by atomic mass is 17.2. The Morgan fingerprint density at radius 3 is 2.71 bits per heavy atom. The van der Waals surface area contributed by atoms with Gasteiger partial charge in [0.1, 0.15) is 0 Å². The fourth-order valence-corrected chi connectivity index (χ4v) is 1.91. The van der Waals surface area contributed by atoms with Gasteiger partial charge in [0.15, 0.2) is 6.29 Å². The van der Waals surface area contributed by atoms with Crippen molar-refractivity contribution in [3.63, 3.8) is 0 Å². The third-order valence-corrected chi connectivity index (χ3v) is 2.76. The average molecular weight is 250 g/mol. The summed E-state index contributed by atoms with van der Waals surface area (Å²) in [6.07, 6.45) is -1.46. The van der Waals surface area contributed by atoms with Crippen LogP contribution in [0.25, 0.3) is 0 Å². The summed E-state index contributed by atoms with van der Waals surface area (Å²) in [5.41, 5.74) is 0. The summed E-state index contributed by atoms with van der Waals surface area (Å²) >= 11 is 0. The van der Waals surface area contributed by atoms with Crippen LogP contribution in [0.4, 0.5) is 0 Å². The molecule has 0 aromatic carbocycles. The quantitative estimate of drug-likeness (QED) is 0.380. The van der Waals surface area contributed by atoms with E-state index >= 15 is 0 Å². The number of aliphatic hydroxyl groups excluding tert-OH is 1. The lowest BCUT2D eigenvalue weighted by Crippen LogP contribution is -2.40. The Morgan fingerprint density at radius 1 is 1.47 bits per heavy atom. The Hall–Kier alpha value is -0.730. The van der Waals surface area contributed by atoms with Gasteiger partial charge in [0.2, 0.25) is 0 Å². The zero-order valence-corrected chi connectivity index (χ0v) is 10.1. The van der Waals surface area contributed by atoms with Crippen molar-refractivity contribution in [1.82, 2.24) is 0 Å². The highest BCUT2D eigenvalue weighted by molar-refractivity contribution is 5.73. The number of ether oxygens (including phenoxy) is 3. The molecule has 1 heterocycles. The lowest BCUT2D eigenvalue weighted by atomic mass is 9.89. The van der Waals surface area contributed by atoms with Gasteiger partial charge in [-0.15, -0.1) is 0 Å². The Kier molecular flexibility index (Phi) is 5.79. The van der Waals surface area contributed by atoms with Gasteiger partial charge < -0.3 is 19.3 Å². The van der Waals surface area contributed by atoms with Crippen molar-refractivity contribution in [3.05, 3.63) is 0 Å². The second-order valence-corrected chi connectivity index (χ2v) is 3.66. The molecular weight excluding hydrogens is 232 g/mol. The summed E-state index contributed by atoms with van der Waals surface area (Å²) in [4.78, 5) is 20.8. The highest BCUT2D eigenvalue weighted by Crippen LogP contribution is 2.30. The normalized spacial score (nSPS) is 30.2. The molecule has 0 saturated carbocycles. The van der Waals surface area contributed by atoms with Gasteiger partial charge in [-0.1, -0.05) is 0 Å². The Labute approximate surface area is 99.5 Å². The van der Waals surface area contributed by atoms with Crippen LogP contribution < -0.4 is 0 Å². The zero-order valence-electron chi connectivity index (χ0n) is 10.1. The van der Waals surface area contributed by atoms with Crippen molar-refractivity contribution < 1.29 is 33.9 Å². The van der Waals surface area contributed by atoms with E-state index in [4.69, 9.17) is 14.4 Å². The van der Waals surface area contributed by atoms with E-state index in [1.54, 1.807) is 0 Å². The molecular formula is C10H18O7. The number of methoxy groups -OCH3 is 2. The standard InChI is InChI=1S/C10H18O7/c1-13-9(12)6(4-17-15-3)8-7(11)5-16-10(8)14-2/h6-8,10-11H,4-5H2,1-3H3/t6?,7-,8+,10?/m0/s1. The van der Waals surface area contributed by atoms with Crippen LogP contribution in [0.15, 0.2) is 0 Å². The summed E-state index contributed by atoms with van der Waals surface area (Å²) in [5.74, 6) is -1.75. The van der Waals surface area contributed by atoms with E-state index in [1.807, 2.05) is 0 Å². The second kappa shape index (κ2) is 6.87. The molecule has 0 radical (unpaired) electrons. The molecule has 0 aromatic heterocycles. The summed E-state index contributed by atoms with van der Waals surface area (Å²) in [7, 11) is 4.05. The van der Waals surface area contributed by atoms with E-state index in [1.165, 1.54) is 21.3 Å². The largest absolute Gasteiger partial charge is 0.469 e. The Morgan fingerprint density at radius 2 is 2.18 bits per heavy atom. The minimum Gasteiger partial charge on any atom is -0.469 e. The summed E-state index contributed by atoms with van der Waals surface area (Å²) in [6.45, 7) is 0.0811. The molecule has 1 fully saturated rings. The van der Waals surface area contributed by atoms with E-state index in [-0.39, 0.29) is 13.2 Å². The maximum atomic E-state index is 11.6. The van der Waals surface area contributed by atoms with Crippen molar-refractivity contribution in [2.45, 2.75) is 12.4 Å². The first kappa shape index (κ1) is 14.3. The third-order valence-electron chi connectivity index (χ3n) is 2.76. The first-order chi connectivity index (χ1) is 8.15. The lowest BCUT2D eigenvalue weighted by Gasteiger charge is -2.25. The maximum absolute atomic E-state index is 11.6. The lowest BCUT2D eigenvalue weighted by molar-refractivity contribution is -0.285. The van der Waals surface area contributed by atoms with E-state index in [0.717, 1.165) is 0 Å². The van der Waals surface area contributed by atoms with Gasteiger partial charge in [0.25, 0.3) is 0 Å². The molecule has 7 nitrogen and oxygen atoms in total. The van der Waals surface area contributed by atoms with Crippen molar-refractivity contribution in [2.75, 3.05) is 34.5 Å². The molecule has 1 N–H and O–H groups in total. The minimum atomic E-state index is -0.801. The molecule has 4 atom stereocenters. The number of hydrogen-bond acceptors (Lipinski definition) is 7. The van der Waals surface area contributed by atoms with Crippen LogP contribution in [0.5, 0.6) is 0 Å². The molecule has 0 aromatic rings. The zero-order chi connectivity index (χ0) is 12.8. The van der Waals surface area contributed by atoms with Crippen LogP contribution in [-0.4, -0.2) is 58.0 Å². The first-order valence-corrected chi connectivity index (χ1v) is 5.21. The molecule has 1 rings (SSSR count). The summed E-state index contributed by atoms with van der Waals surface area (Å²) < 4.78 is 14.9. The average Bonchev–Trinajstić information content (AvgIpc) is 2.71. The predicted molar refractivity (Wildman–Crippen MR) is 54.7 cm³/mol. The Balaban J connectivity index is 2.75. The predicted octanol–water partition coefficient (Wildman–Crippen LogP) is -0.667. The van der Waals surface area contributed by atoms with Crippen molar-refractivity contribution in [2.24, 2.45) is 11.8 Å². The van der Waals surface area contributed by atoms with Gasteiger partial charge in [-0.2, -0.15) is 0 Å². The molecule has 0 amide bonds. The van der Waals surface area contributed by atoms with E-state index in [9.17, 15) is 9.90 Å². The summed E-state index contributed by atoms with van der Waals surface area (Å²) in [5, 5.41) is 9.80. The van der Waals surface area contributed by atoms with Gasteiger partial charge in [0, 0.05) is 7.11 Å². The molecule has 17 heavy (non-hydrogen) atoms. The third kappa shape index (κ3) is 3.36. The van der Waals surface area contributed by atoms with Crippen molar-refractivity contribution in [3.8, 4) is 0 Å². The maximum Gasteiger partial charge on any atom is 0.311 e. The number of carbonyl (C=O) groups is 1.